The van der Waals surface area contributed by atoms with Crippen LogP contribution < -0.4 is 5.32 Å². The molecule has 0 saturated carbocycles. The first-order valence-electron chi connectivity index (χ1n) is 7.94. The van der Waals surface area contributed by atoms with E-state index >= 15 is 0 Å². The largest absolute Gasteiger partial charge is 0.353 e. The monoisotopic (exact) mass is 311 g/mol. The summed E-state index contributed by atoms with van der Waals surface area (Å²) in [4.78, 5) is 2.64. The number of hydrogen-bond acceptors (Lipinski definition) is 2. The van der Waals surface area contributed by atoms with E-state index in [0.717, 1.165) is 6.42 Å². The lowest BCUT2D eigenvalue weighted by atomic mass is 9.72. The van der Waals surface area contributed by atoms with Crippen LogP contribution in [0, 0.1) is 5.41 Å². The van der Waals surface area contributed by atoms with Gasteiger partial charge in [-0.3, -0.25) is 0 Å². The number of para-hydroxylation sites is 2. The van der Waals surface area contributed by atoms with Crippen molar-refractivity contribution in [1.29, 1.82) is 0 Å². The van der Waals surface area contributed by atoms with E-state index in [1.165, 1.54) is 26.7 Å². The fourth-order valence-corrected chi connectivity index (χ4v) is 4.66. The minimum absolute atomic E-state index is 0.142. The van der Waals surface area contributed by atoms with Crippen LogP contribution in [-0.2, 0) is 5.41 Å². The Bertz CT molecular complexity index is 695. The summed E-state index contributed by atoms with van der Waals surface area (Å²) in [6.07, 6.45) is 1.16. The van der Waals surface area contributed by atoms with Crippen molar-refractivity contribution in [3.05, 3.63) is 48.0 Å². The Morgan fingerprint density at radius 2 is 1.55 bits per heavy atom. The Balaban J connectivity index is 2.03. The first kappa shape index (κ1) is 15.5. The molecule has 0 unspecified atom stereocenters. The Kier molecular flexibility index (Phi) is 3.76. The Morgan fingerprint density at radius 3 is 2.27 bits per heavy atom. The first-order valence-corrected chi connectivity index (χ1v) is 8.75. The van der Waals surface area contributed by atoms with Gasteiger partial charge in [-0.05, 0) is 41.0 Å². The summed E-state index contributed by atoms with van der Waals surface area (Å²) in [5, 5.41) is 3.68. The van der Waals surface area contributed by atoms with E-state index in [-0.39, 0.29) is 5.41 Å². The van der Waals surface area contributed by atoms with Crippen LogP contribution in [-0.4, -0.2) is 0 Å². The van der Waals surface area contributed by atoms with Crippen LogP contribution in [0.4, 0.5) is 11.4 Å². The first-order chi connectivity index (χ1) is 10.3. The lowest BCUT2D eigenvalue weighted by Gasteiger charge is -2.36. The molecule has 2 heteroatoms. The third-order valence-electron chi connectivity index (χ3n) is 4.09. The summed E-state index contributed by atoms with van der Waals surface area (Å²) in [6, 6.07) is 15.3. The van der Waals surface area contributed by atoms with Crippen LogP contribution in [0.2, 0.25) is 0 Å². The molecule has 0 saturated heterocycles. The van der Waals surface area contributed by atoms with Gasteiger partial charge in [0.05, 0.1) is 11.4 Å². The van der Waals surface area contributed by atoms with Crippen molar-refractivity contribution in [2.24, 2.45) is 5.41 Å². The highest BCUT2D eigenvalue weighted by Crippen LogP contribution is 2.49. The molecule has 1 aliphatic heterocycles. The molecule has 2 aromatic rings. The molecule has 0 atom stereocenters. The van der Waals surface area contributed by atoms with E-state index in [0.29, 0.717) is 5.41 Å². The zero-order chi connectivity index (χ0) is 16.0. The van der Waals surface area contributed by atoms with E-state index in [1.54, 1.807) is 0 Å². The molecule has 0 aromatic heterocycles. The van der Waals surface area contributed by atoms with E-state index in [2.05, 4.69) is 82.4 Å². The molecule has 0 aliphatic carbocycles. The fraction of sp³-hybridized carbons (Fsp3) is 0.400. The van der Waals surface area contributed by atoms with Gasteiger partial charge in [0.1, 0.15) is 0 Å². The molecule has 2 aromatic carbocycles. The van der Waals surface area contributed by atoms with E-state index in [4.69, 9.17) is 0 Å². The number of rotatable bonds is 2. The maximum absolute atomic E-state index is 3.68. The van der Waals surface area contributed by atoms with Crippen LogP contribution in [0.1, 0.15) is 46.6 Å². The molecular formula is C20H25NS. The van der Waals surface area contributed by atoms with Crippen LogP contribution in [0.3, 0.4) is 0 Å². The average Bonchev–Trinajstić information content (AvgIpc) is 2.41. The maximum Gasteiger partial charge on any atom is 0.0564 e. The highest BCUT2D eigenvalue weighted by atomic mass is 32.2. The van der Waals surface area contributed by atoms with Gasteiger partial charge in [-0.15, -0.1) is 0 Å². The SMILES string of the molecule is CC(C)(C)CC(C)(C)c1cccc2c1Nc1ccccc1S2. The predicted octanol–water partition coefficient (Wildman–Crippen LogP) is 6.61. The standard InChI is InChI=1S/C20H25NS/c1-19(2,3)13-20(4,5)14-9-8-12-17-18(14)21-15-10-6-7-11-16(15)22-17/h6-12,21H,13H2,1-5H3. The number of fused-ring (bicyclic) bond motifs is 2. The van der Waals surface area contributed by atoms with Gasteiger partial charge in [-0.25, -0.2) is 0 Å². The fourth-order valence-electron chi connectivity index (χ4n) is 3.64. The molecule has 3 rings (SSSR count). The number of nitrogens with one attached hydrogen (secondary N) is 1. The molecule has 0 fully saturated rings. The highest BCUT2D eigenvalue weighted by molar-refractivity contribution is 7.99. The average molecular weight is 311 g/mol. The van der Waals surface area contributed by atoms with Gasteiger partial charge in [0.15, 0.2) is 0 Å². The molecule has 0 spiro atoms. The lowest BCUT2D eigenvalue weighted by molar-refractivity contribution is 0.284. The quantitative estimate of drug-likeness (QED) is 0.571. The smallest absolute Gasteiger partial charge is 0.0564 e. The van der Waals surface area contributed by atoms with Crippen molar-refractivity contribution in [2.75, 3.05) is 5.32 Å². The van der Waals surface area contributed by atoms with Crippen LogP contribution in [0.5, 0.6) is 0 Å². The van der Waals surface area contributed by atoms with Gasteiger partial charge in [0.2, 0.25) is 0 Å². The molecular weight excluding hydrogens is 286 g/mol. The third-order valence-corrected chi connectivity index (χ3v) is 5.23. The van der Waals surface area contributed by atoms with Crippen molar-refractivity contribution in [1.82, 2.24) is 0 Å². The topological polar surface area (TPSA) is 12.0 Å². The van der Waals surface area contributed by atoms with Crippen LogP contribution >= 0.6 is 11.8 Å². The molecule has 22 heavy (non-hydrogen) atoms. The Labute approximate surface area is 138 Å². The van der Waals surface area contributed by atoms with Gasteiger partial charge in [-0.1, -0.05) is 70.6 Å². The zero-order valence-corrected chi connectivity index (χ0v) is 15.0. The lowest BCUT2D eigenvalue weighted by Crippen LogP contribution is -2.26. The van der Waals surface area contributed by atoms with E-state index in [9.17, 15) is 0 Å². The molecule has 1 aliphatic rings. The number of anilines is 2. The summed E-state index contributed by atoms with van der Waals surface area (Å²) in [5.41, 5.74) is 4.39. The van der Waals surface area contributed by atoms with E-state index in [1.807, 2.05) is 11.8 Å². The molecule has 1 N–H and O–H groups in total. The summed E-state index contributed by atoms with van der Waals surface area (Å²) >= 11 is 1.87. The molecule has 0 radical (unpaired) electrons. The predicted molar refractivity (Wildman–Crippen MR) is 97.4 cm³/mol. The van der Waals surface area contributed by atoms with Crippen molar-refractivity contribution in [3.8, 4) is 0 Å². The number of benzene rings is 2. The second-order valence-corrected chi connectivity index (χ2v) is 9.11. The van der Waals surface area contributed by atoms with Gasteiger partial charge in [-0.2, -0.15) is 0 Å². The number of hydrogen-bond donors (Lipinski definition) is 1. The van der Waals surface area contributed by atoms with Crippen LogP contribution in [0.15, 0.2) is 52.3 Å². The Hall–Kier alpha value is -1.41. The second-order valence-electron chi connectivity index (χ2n) is 8.02. The van der Waals surface area contributed by atoms with Crippen LogP contribution in [0.25, 0.3) is 0 Å². The van der Waals surface area contributed by atoms with Gasteiger partial charge in [0, 0.05) is 9.79 Å². The third kappa shape index (κ3) is 3.03. The molecule has 0 amide bonds. The molecule has 0 bridgehead atoms. The normalized spacial score (nSPS) is 14.0. The molecule has 1 heterocycles. The van der Waals surface area contributed by atoms with Crippen molar-refractivity contribution in [2.45, 2.75) is 56.2 Å². The minimum Gasteiger partial charge on any atom is -0.353 e. The Morgan fingerprint density at radius 1 is 0.864 bits per heavy atom. The second kappa shape index (κ2) is 5.34. The summed E-state index contributed by atoms with van der Waals surface area (Å²) in [5.74, 6) is 0. The molecule has 116 valence electrons. The zero-order valence-electron chi connectivity index (χ0n) is 14.2. The van der Waals surface area contributed by atoms with Gasteiger partial charge < -0.3 is 5.32 Å². The maximum atomic E-state index is 3.68. The van der Waals surface area contributed by atoms with E-state index < -0.39 is 0 Å². The highest BCUT2D eigenvalue weighted by Gasteiger charge is 2.31. The summed E-state index contributed by atoms with van der Waals surface area (Å²) in [6.45, 7) is 11.7. The van der Waals surface area contributed by atoms with Gasteiger partial charge >= 0.3 is 0 Å². The van der Waals surface area contributed by atoms with Crippen molar-refractivity contribution < 1.29 is 0 Å². The summed E-state index contributed by atoms with van der Waals surface area (Å²) < 4.78 is 0. The van der Waals surface area contributed by atoms with Crippen molar-refractivity contribution in [3.63, 3.8) is 0 Å². The van der Waals surface area contributed by atoms with Gasteiger partial charge in [0.25, 0.3) is 0 Å². The minimum atomic E-state index is 0.142. The summed E-state index contributed by atoms with van der Waals surface area (Å²) in [7, 11) is 0. The molecule has 1 nitrogen and oxygen atoms in total. The van der Waals surface area contributed by atoms with Crippen molar-refractivity contribution >= 4 is 23.1 Å².